The predicted molar refractivity (Wildman–Crippen MR) is 358 cm³/mol. The van der Waals surface area contributed by atoms with E-state index < -0.39 is 0 Å². The molecule has 0 aliphatic heterocycles. The topological polar surface area (TPSA) is 40.5 Å². The van der Waals surface area contributed by atoms with Crippen molar-refractivity contribution in [3.63, 3.8) is 0 Å². The lowest BCUT2D eigenvalue weighted by atomic mass is 10.0. The van der Waals surface area contributed by atoms with Crippen molar-refractivity contribution < 1.29 is 10.2 Å². The van der Waals surface area contributed by atoms with Crippen LogP contribution in [0.5, 0.6) is 0 Å². The van der Waals surface area contributed by atoms with Gasteiger partial charge >= 0.3 is 0 Å². The van der Waals surface area contributed by atoms with Gasteiger partial charge in [-0.15, -0.1) is 0 Å². The minimum absolute atomic E-state index is 0.0373. The Bertz CT molecular complexity index is 928. The summed E-state index contributed by atoms with van der Waals surface area (Å²) in [5.74, 6) is 0. The number of hydrogen-bond donors (Lipinski definition) is 2. The highest BCUT2D eigenvalue weighted by Gasteiger charge is 2.05. The summed E-state index contributed by atoms with van der Waals surface area (Å²) in [6.45, 7) is 7.28. The number of aliphatic hydroxyl groups is 2. The van der Waals surface area contributed by atoms with Crippen LogP contribution in [0.1, 0.15) is 477 Å². The van der Waals surface area contributed by atoms with Crippen LogP contribution < -0.4 is 0 Å². The largest absolute Gasteiger partial charge is 0.396 e. The van der Waals surface area contributed by atoms with Crippen LogP contribution in [-0.2, 0) is 0 Å². The lowest BCUT2D eigenvalue weighted by molar-refractivity contribution is 0.147. The van der Waals surface area contributed by atoms with Gasteiger partial charge in [-0.2, -0.15) is 0 Å². The first kappa shape index (κ1) is 80.0. The van der Waals surface area contributed by atoms with E-state index in [-0.39, 0.29) is 6.10 Å². The zero-order valence-corrected chi connectivity index (χ0v) is 55.4. The third-order valence-electron chi connectivity index (χ3n) is 18.0. The van der Waals surface area contributed by atoms with E-state index in [4.69, 9.17) is 5.11 Å². The maximum Gasteiger partial charge on any atom is 0.0540 e. The predicted octanol–water partition coefficient (Wildman–Crippen LogP) is 28.1. The minimum Gasteiger partial charge on any atom is -0.396 e. The normalized spacial score (nSPS) is 12.0. The highest BCUT2D eigenvalue weighted by Crippen LogP contribution is 2.21. The lowest BCUT2D eigenvalue weighted by Crippen LogP contribution is -2.05. The van der Waals surface area contributed by atoms with Crippen molar-refractivity contribution in [2.45, 2.75) is 483 Å². The Morgan fingerprint density at radius 1 is 0.154 bits per heavy atom. The molecule has 0 saturated heterocycles. The first-order valence-corrected chi connectivity index (χ1v) is 38.0. The fourth-order valence-corrected chi connectivity index (χ4v) is 12.4. The van der Waals surface area contributed by atoms with Crippen LogP contribution >= 0.6 is 0 Å². The Hall–Kier alpha value is -0.0800. The summed E-state index contributed by atoms with van der Waals surface area (Å²) in [5.41, 5.74) is 0. The quantitative estimate of drug-likeness (QED) is 0.0596. The summed E-state index contributed by atoms with van der Waals surface area (Å²) in [4.78, 5) is 0. The average Bonchev–Trinajstić information content (AvgIpc) is 3.45. The molecule has 0 aromatic rings. The Morgan fingerprint density at radius 3 is 0.372 bits per heavy atom. The molecule has 2 nitrogen and oxygen atoms in total. The summed E-state index contributed by atoms with van der Waals surface area (Å²) < 4.78 is 0. The maximum absolute atomic E-state index is 10.4. The Labute approximate surface area is 497 Å². The molecule has 0 aromatic carbocycles. The van der Waals surface area contributed by atoms with E-state index in [0.717, 1.165) is 19.3 Å². The van der Waals surface area contributed by atoms with Crippen LogP contribution in [0.3, 0.4) is 0 Å². The molecule has 0 saturated carbocycles. The van der Waals surface area contributed by atoms with Gasteiger partial charge in [0.2, 0.25) is 0 Å². The van der Waals surface area contributed by atoms with E-state index in [1.54, 1.807) is 0 Å². The molecule has 2 heteroatoms. The van der Waals surface area contributed by atoms with E-state index in [9.17, 15) is 5.11 Å². The van der Waals surface area contributed by atoms with E-state index >= 15 is 0 Å². The van der Waals surface area contributed by atoms with Crippen molar-refractivity contribution in [2.24, 2.45) is 0 Å². The third-order valence-corrected chi connectivity index (χ3v) is 18.0. The third kappa shape index (κ3) is 80.1. The first-order valence-electron chi connectivity index (χ1n) is 38.0. The van der Waals surface area contributed by atoms with Crippen molar-refractivity contribution >= 4 is 0 Å². The monoisotopic (exact) mass is 1100 g/mol. The molecule has 0 aliphatic rings. The molecule has 472 valence electrons. The molecule has 0 heterocycles. The Balaban J connectivity index is 0. The second kappa shape index (κ2) is 79.0. The standard InChI is InChI=1S/C54H110O.C22H46O/c1-3-5-7-9-11-13-15-17-19-21-23-24-25-26-27-28-29-30-31-32-33-34-35-37-39-41-43-45-47-49-51-53-54(55)52-50-48-46-44-42-40-38-36-22-20-18-16-14-12-10-8-6-4-2;1-2-3-4-5-6-7-8-9-10-11-12-13-14-15-16-17-18-19-20-21-22-23/h54-55H,3-53H2,1-2H3;23H,2-22H2,1H3. The van der Waals surface area contributed by atoms with Crippen LogP contribution in [0, 0.1) is 0 Å². The molecule has 1 atom stereocenters. The van der Waals surface area contributed by atoms with Gasteiger partial charge in [0.1, 0.15) is 0 Å². The molecule has 1 unspecified atom stereocenters. The summed E-state index contributed by atoms with van der Waals surface area (Å²) in [6, 6.07) is 0. The van der Waals surface area contributed by atoms with Crippen molar-refractivity contribution in [1.82, 2.24) is 0 Å². The molecule has 2 N–H and O–H groups in total. The molecule has 0 rings (SSSR count). The summed E-state index contributed by atoms with van der Waals surface area (Å²) in [7, 11) is 0. The lowest BCUT2D eigenvalue weighted by Gasteiger charge is -2.10. The van der Waals surface area contributed by atoms with Crippen LogP contribution in [0.4, 0.5) is 0 Å². The fraction of sp³-hybridized carbons (Fsp3) is 1.00. The second-order valence-corrected chi connectivity index (χ2v) is 26.3. The van der Waals surface area contributed by atoms with E-state index in [0.29, 0.717) is 6.61 Å². The van der Waals surface area contributed by atoms with Crippen LogP contribution in [0.2, 0.25) is 0 Å². The van der Waals surface area contributed by atoms with Gasteiger partial charge < -0.3 is 10.2 Å². The van der Waals surface area contributed by atoms with E-state index in [1.165, 1.54) is 437 Å². The molecule has 0 radical (unpaired) electrons. The molecule has 0 bridgehead atoms. The van der Waals surface area contributed by atoms with Gasteiger partial charge in [0.05, 0.1) is 6.10 Å². The van der Waals surface area contributed by atoms with Crippen LogP contribution in [0.25, 0.3) is 0 Å². The van der Waals surface area contributed by atoms with E-state index in [1.807, 2.05) is 0 Å². The fourth-order valence-electron chi connectivity index (χ4n) is 12.4. The second-order valence-electron chi connectivity index (χ2n) is 26.3. The Kier molecular flexibility index (Phi) is 81.0. The molecule has 0 spiro atoms. The van der Waals surface area contributed by atoms with Gasteiger partial charge in [-0.1, -0.05) is 457 Å². The highest BCUT2D eigenvalue weighted by molar-refractivity contribution is 4.59. The SMILES string of the molecule is CCCCCCCCCCCCCCCCCCCCCCCCCCCCCCCCCC(O)CCCCCCCCCCCCCCCCCCCC.CCCCCCCCCCCCCCCCCCCCCCO. The molecular weight excluding hydrogens is 945 g/mol. The van der Waals surface area contributed by atoms with Crippen LogP contribution in [0.15, 0.2) is 0 Å². The maximum atomic E-state index is 10.4. The van der Waals surface area contributed by atoms with Crippen molar-refractivity contribution in [3.05, 3.63) is 0 Å². The average molecular weight is 1100 g/mol. The molecule has 0 amide bonds. The van der Waals surface area contributed by atoms with Crippen LogP contribution in [-0.4, -0.2) is 22.9 Å². The van der Waals surface area contributed by atoms with Gasteiger partial charge in [-0.3, -0.25) is 0 Å². The molecular formula is C76H156O2. The van der Waals surface area contributed by atoms with Gasteiger partial charge in [-0.25, -0.2) is 0 Å². The van der Waals surface area contributed by atoms with Gasteiger partial charge in [0.25, 0.3) is 0 Å². The molecule has 0 aromatic heterocycles. The summed E-state index contributed by atoms with van der Waals surface area (Å²) in [6.07, 6.45) is 101. The first-order chi connectivity index (χ1) is 38.7. The van der Waals surface area contributed by atoms with Gasteiger partial charge in [0, 0.05) is 6.61 Å². The zero-order chi connectivity index (χ0) is 56.5. The summed E-state index contributed by atoms with van der Waals surface area (Å²) in [5, 5.41) is 19.1. The number of hydrogen-bond acceptors (Lipinski definition) is 2. The van der Waals surface area contributed by atoms with Gasteiger partial charge in [0.15, 0.2) is 0 Å². The number of unbranched alkanes of at least 4 members (excludes halogenated alkanes) is 66. The Morgan fingerprint density at radius 2 is 0.256 bits per heavy atom. The van der Waals surface area contributed by atoms with Crippen molar-refractivity contribution in [3.8, 4) is 0 Å². The molecule has 0 aliphatic carbocycles. The number of aliphatic hydroxyl groups excluding tert-OH is 2. The number of rotatable bonds is 71. The zero-order valence-electron chi connectivity index (χ0n) is 55.4. The van der Waals surface area contributed by atoms with Gasteiger partial charge in [-0.05, 0) is 19.3 Å². The smallest absolute Gasteiger partial charge is 0.0540 e. The molecule has 0 fully saturated rings. The minimum atomic E-state index is -0.0373. The molecule has 78 heavy (non-hydrogen) atoms. The van der Waals surface area contributed by atoms with E-state index in [2.05, 4.69) is 20.8 Å². The van der Waals surface area contributed by atoms with Crippen molar-refractivity contribution in [1.29, 1.82) is 0 Å². The highest BCUT2D eigenvalue weighted by atomic mass is 16.3. The summed E-state index contributed by atoms with van der Waals surface area (Å²) >= 11 is 0. The van der Waals surface area contributed by atoms with Crippen molar-refractivity contribution in [2.75, 3.05) is 6.61 Å².